The number of hydrogen-bond acceptors (Lipinski definition) is 6. The van der Waals surface area contributed by atoms with Gasteiger partial charge >= 0.3 is 6.03 Å². The van der Waals surface area contributed by atoms with E-state index in [1.54, 1.807) is 19.1 Å². The lowest BCUT2D eigenvalue weighted by Crippen LogP contribution is -2.40. The van der Waals surface area contributed by atoms with Gasteiger partial charge in [0.2, 0.25) is 5.75 Å². The summed E-state index contributed by atoms with van der Waals surface area (Å²) in [6.45, 7) is 1.72. The van der Waals surface area contributed by atoms with Gasteiger partial charge in [0.1, 0.15) is 5.60 Å². The number of ether oxygens (including phenoxy) is 3. The Kier molecular flexibility index (Phi) is 6.11. The molecule has 1 unspecified atom stereocenters. The van der Waals surface area contributed by atoms with E-state index in [1.165, 1.54) is 32.7 Å². The lowest BCUT2D eigenvalue weighted by atomic mass is 10.1. The van der Waals surface area contributed by atoms with Gasteiger partial charge in [0.25, 0.3) is 0 Å². The van der Waals surface area contributed by atoms with Crippen LogP contribution in [0.3, 0.4) is 0 Å². The van der Waals surface area contributed by atoms with Crippen molar-refractivity contribution in [2.75, 3.05) is 33.2 Å². The predicted octanol–water partition coefficient (Wildman–Crippen LogP) is 2.80. The van der Waals surface area contributed by atoms with Crippen molar-refractivity contribution in [3.05, 3.63) is 34.5 Å². The van der Waals surface area contributed by atoms with Crippen molar-refractivity contribution in [1.82, 2.24) is 5.32 Å². The normalized spacial score (nSPS) is 12.8. The zero-order chi connectivity index (χ0) is 18.4. The highest BCUT2D eigenvalue weighted by molar-refractivity contribution is 7.10. The summed E-state index contributed by atoms with van der Waals surface area (Å²) in [5.41, 5.74) is -0.663. The van der Waals surface area contributed by atoms with Crippen molar-refractivity contribution in [2.45, 2.75) is 12.5 Å². The molecule has 0 aliphatic rings. The van der Waals surface area contributed by atoms with Gasteiger partial charge < -0.3 is 30.0 Å². The second-order valence-electron chi connectivity index (χ2n) is 5.47. The van der Waals surface area contributed by atoms with Crippen LogP contribution in [0.5, 0.6) is 17.2 Å². The van der Waals surface area contributed by atoms with E-state index in [-0.39, 0.29) is 6.54 Å². The van der Waals surface area contributed by atoms with Gasteiger partial charge in [-0.25, -0.2) is 4.79 Å². The maximum atomic E-state index is 12.1. The van der Waals surface area contributed by atoms with Gasteiger partial charge in [-0.1, -0.05) is 6.07 Å². The molecule has 2 amide bonds. The van der Waals surface area contributed by atoms with Crippen LogP contribution < -0.4 is 24.8 Å². The molecule has 3 N–H and O–H groups in total. The quantitative estimate of drug-likeness (QED) is 0.701. The van der Waals surface area contributed by atoms with Gasteiger partial charge in [-0.2, -0.15) is 0 Å². The van der Waals surface area contributed by atoms with E-state index in [4.69, 9.17) is 14.2 Å². The molecule has 25 heavy (non-hydrogen) atoms. The molecule has 0 spiro atoms. The van der Waals surface area contributed by atoms with E-state index in [1.807, 2.05) is 17.5 Å². The second kappa shape index (κ2) is 8.09. The van der Waals surface area contributed by atoms with E-state index < -0.39 is 11.6 Å². The molecule has 136 valence electrons. The topological polar surface area (TPSA) is 89.1 Å². The number of rotatable bonds is 7. The molecule has 8 heteroatoms. The summed E-state index contributed by atoms with van der Waals surface area (Å²) in [6, 6.07) is 6.47. The van der Waals surface area contributed by atoms with Gasteiger partial charge in [-0.3, -0.25) is 0 Å². The van der Waals surface area contributed by atoms with Gasteiger partial charge in [0.05, 0.1) is 33.6 Å². The molecule has 1 heterocycles. The number of carbonyl (C=O) groups excluding carboxylic acids is 1. The largest absolute Gasteiger partial charge is 0.493 e. The molecule has 1 aromatic heterocycles. The highest BCUT2D eigenvalue weighted by Crippen LogP contribution is 2.39. The van der Waals surface area contributed by atoms with Crippen molar-refractivity contribution in [3.63, 3.8) is 0 Å². The maximum absolute atomic E-state index is 12.1. The van der Waals surface area contributed by atoms with Crippen LogP contribution in [0.15, 0.2) is 29.6 Å². The number of anilines is 1. The Bertz CT molecular complexity index is 691. The van der Waals surface area contributed by atoms with Crippen molar-refractivity contribution in [1.29, 1.82) is 0 Å². The minimum atomic E-state index is -1.14. The number of methoxy groups -OCH3 is 3. The highest BCUT2D eigenvalue weighted by Gasteiger charge is 2.25. The van der Waals surface area contributed by atoms with Crippen LogP contribution in [0, 0.1) is 0 Å². The second-order valence-corrected chi connectivity index (χ2v) is 6.42. The molecule has 1 aromatic carbocycles. The Morgan fingerprint density at radius 1 is 1.20 bits per heavy atom. The Balaban J connectivity index is 2.05. The molecular weight excluding hydrogens is 344 g/mol. The van der Waals surface area contributed by atoms with Crippen LogP contribution in [0.2, 0.25) is 0 Å². The molecule has 0 aliphatic carbocycles. The van der Waals surface area contributed by atoms with Gasteiger partial charge in [0, 0.05) is 17.0 Å². The van der Waals surface area contributed by atoms with Crippen molar-refractivity contribution < 1.29 is 24.1 Å². The number of urea groups is 1. The average molecular weight is 366 g/mol. The van der Waals surface area contributed by atoms with E-state index in [2.05, 4.69) is 10.6 Å². The Morgan fingerprint density at radius 2 is 1.84 bits per heavy atom. The number of nitrogens with one attached hydrogen (secondary N) is 2. The number of thiophene rings is 1. The first-order valence-electron chi connectivity index (χ1n) is 7.52. The van der Waals surface area contributed by atoms with E-state index in [0.717, 1.165) is 4.88 Å². The molecule has 2 rings (SSSR count). The average Bonchev–Trinajstić information content (AvgIpc) is 3.14. The zero-order valence-electron chi connectivity index (χ0n) is 14.6. The van der Waals surface area contributed by atoms with Crippen LogP contribution >= 0.6 is 11.3 Å². The summed E-state index contributed by atoms with van der Waals surface area (Å²) in [5.74, 6) is 1.31. The fourth-order valence-corrected chi connectivity index (χ4v) is 3.04. The Labute approximate surface area is 150 Å². The van der Waals surface area contributed by atoms with Crippen molar-refractivity contribution in [3.8, 4) is 17.2 Å². The molecule has 0 bridgehead atoms. The third kappa shape index (κ3) is 4.55. The molecule has 2 aromatic rings. The SMILES string of the molecule is COc1cc(NC(=O)NCC(C)(O)c2cccs2)cc(OC)c1OC. The van der Waals surface area contributed by atoms with Crippen LogP contribution in [0.25, 0.3) is 0 Å². The minimum absolute atomic E-state index is 0.0732. The summed E-state index contributed by atoms with van der Waals surface area (Å²) in [4.78, 5) is 12.9. The summed E-state index contributed by atoms with van der Waals surface area (Å²) in [7, 11) is 4.51. The van der Waals surface area contributed by atoms with E-state index in [9.17, 15) is 9.90 Å². The van der Waals surface area contributed by atoms with Crippen LogP contribution in [-0.2, 0) is 5.60 Å². The van der Waals surface area contributed by atoms with Crippen LogP contribution in [0.1, 0.15) is 11.8 Å². The predicted molar refractivity (Wildman–Crippen MR) is 97.0 cm³/mol. The lowest BCUT2D eigenvalue weighted by molar-refractivity contribution is 0.0637. The van der Waals surface area contributed by atoms with Crippen molar-refractivity contribution in [2.24, 2.45) is 0 Å². The lowest BCUT2D eigenvalue weighted by Gasteiger charge is -2.22. The first-order valence-corrected chi connectivity index (χ1v) is 8.40. The maximum Gasteiger partial charge on any atom is 0.319 e. The van der Waals surface area contributed by atoms with Gasteiger partial charge in [-0.05, 0) is 18.4 Å². The Morgan fingerprint density at radius 3 is 2.32 bits per heavy atom. The highest BCUT2D eigenvalue weighted by atomic mass is 32.1. The molecule has 0 saturated carbocycles. The summed E-state index contributed by atoms with van der Waals surface area (Å²) < 4.78 is 15.7. The fraction of sp³-hybridized carbons (Fsp3) is 0.353. The molecule has 0 saturated heterocycles. The third-order valence-corrected chi connectivity index (χ3v) is 4.69. The molecular formula is C17H22N2O5S. The third-order valence-electron chi connectivity index (χ3n) is 3.57. The number of hydrogen-bond donors (Lipinski definition) is 3. The van der Waals surface area contributed by atoms with E-state index >= 15 is 0 Å². The molecule has 0 radical (unpaired) electrons. The fourth-order valence-electron chi connectivity index (χ4n) is 2.25. The first-order chi connectivity index (χ1) is 11.9. The molecule has 1 atom stereocenters. The van der Waals surface area contributed by atoms with E-state index in [0.29, 0.717) is 22.9 Å². The minimum Gasteiger partial charge on any atom is -0.493 e. The molecule has 0 aliphatic heterocycles. The van der Waals surface area contributed by atoms with Crippen LogP contribution in [0.4, 0.5) is 10.5 Å². The smallest absolute Gasteiger partial charge is 0.319 e. The monoisotopic (exact) mass is 366 g/mol. The molecule has 0 fully saturated rings. The standard InChI is InChI=1S/C17H22N2O5S/c1-17(21,14-6-5-7-25-14)10-18-16(20)19-11-8-12(22-2)15(24-4)13(9-11)23-3/h5-9,21H,10H2,1-4H3,(H2,18,19,20). The van der Waals surface area contributed by atoms with Crippen LogP contribution in [-0.4, -0.2) is 39.0 Å². The Hall–Kier alpha value is -2.45. The first kappa shape index (κ1) is 18.9. The number of amides is 2. The van der Waals surface area contributed by atoms with Crippen molar-refractivity contribution >= 4 is 23.1 Å². The van der Waals surface area contributed by atoms with Gasteiger partial charge in [-0.15, -0.1) is 11.3 Å². The summed E-state index contributed by atoms with van der Waals surface area (Å²) in [5, 5.41) is 17.7. The zero-order valence-corrected chi connectivity index (χ0v) is 15.4. The van der Waals surface area contributed by atoms with Gasteiger partial charge in [0.15, 0.2) is 11.5 Å². The number of carbonyl (C=O) groups is 1. The molecule has 7 nitrogen and oxygen atoms in total. The summed E-state index contributed by atoms with van der Waals surface area (Å²) >= 11 is 1.43. The number of benzene rings is 1. The number of aliphatic hydroxyl groups is 1. The summed E-state index contributed by atoms with van der Waals surface area (Å²) in [6.07, 6.45) is 0.